The summed E-state index contributed by atoms with van der Waals surface area (Å²) in [6.07, 6.45) is 6.70. The van der Waals surface area contributed by atoms with Gasteiger partial charge in [0.25, 0.3) is 0 Å². The van der Waals surface area contributed by atoms with Crippen molar-refractivity contribution in [1.82, 2.24) is 10.3 Å². The molecule has 3 heteroatoms. The number of pyridine rings is 1. The van der Waals surface area contributed by atoms with Crippen molar-refractivity contribution in [1.29, 1.82) is 0 Å². The SMILES string of the molecule is Cc1ccc(OC2CCCCC2)c(CNC(C)C)n1. The number of nitrogens with one attached hydrogen (secondary N) is 1. The van der Waals surface area contributed by atoms with E-state index in [9.17, 15) is 0 Å². The molecule has 1 fully saturated rings. The highest BCUT2D eigenvalue weighted by Gasteiger charge is 2.17. The molecule has 0 radical (unpaired) electrons. The Hall–Kier alpha value is -1.09. The van der Waals surface area contributed by atoms with Gasteiger partial charge in [0, 0.05) is 18.3 Å². The van der Waals surface area contributed by atoms with E-state index in [1.54, 1.807) is 0 Å². The van der Waals surface area contributed by atoms with Crippen LogP contribution in [0.3, 0.4) is 0 Å². The molecule has 1 heterocycles. The standard InChI is InChI=1S/C16H26N2O/c1-12(2)17-11-15-16(10-9-13(3)18-15)19-14-7-5-4-6-8-14/h9-10,12,14,17H,4-8,11H2,1-3H3. The molecule has 0 spiro atoms. The summed E-state index contributed by atoms with van der Waals surface area (Å²) in [5.74, 6) is 0.964. The predicted molar refractivity (Wildman–Crippen MR) is 78.5 cm³/mol. The lowest BCUT2D eigenvalue weighted by Crippen LogP contribution is -2.25. The Morgan fingerprint density at radius 1 is 1.26 bits per heavy atom. The van der Waals surface area contributed by atoms with Gasteiger partial charge in [0.05, 0.1) is 11.8 Å². The lowest BCUT2D eigenvalue weighted by molar-refractivity contribution is 0.152. The molecule has 0 aliphatic heterocycles. The van der Waals surface area contributed by atoms with Crippen LogP contribution < -0.4 is 10.1 Å². The second-order valence-corrected chi connectivity index (χ2v) is 5.81. The van der Waals surface area contributed by atoms with Crippen molar-refractivity contribution in [3.05, 3.63) is 23.5 Å². The Morgan fingerprint density at radius 3 is 2.68 bits per heavy atom. The van der Waals surface area contributed by atoms with Gasteiger partial charge >= 0.3 is 0 Å². The Bertz CT molecular complexity index is 398. The summed E-state index contributed by atoms with van der Waals surface area (Å²) in [5.41, 5.74) is 2.09. The molecule has 0 saturated heterocycles. The number of ether oxygens (including phenoxy) is 1. The molecule has 1 aromatic heterocycles. The summed E-state index contributed by atoms with van der Waals surface area (Å²) in [4.78, 5) is 4.62. The average molecular weight is 262 g/mol. The van der Waals surface area contributed by atoms with Gasteiger partial charge in [-0.1, -0.05) is 20.3 Å². The molecule has 0 amide bonds. The molecule has 0 aromatic carbocycles. The van der Waals surface area contributed by atoms with Gasteiger partial charge in [-0.3, -0.25) is 4.98 Å². The van der Waals surface area contributed by atoms with Crippen molar-refractivity contribution in [2.75, 3.05) is 0 Å². The largest absolute Gasteiger partial charge is 0.488 e. The van der Waals surface area contributed by atoms with Gasteiger partial charge < -0.3 is 10.1 Å². The van der Waals surface area contributed by atoms with Gasteiger partial charge in [-0.05, 0) is 44.7 Å². The quantitative estimate of drug-likeness (QED) is 0.880. The van der Waals surface area contributed by atoms with Crippen LogP contribution >= 0.6 is 0 Å². The van der Waals surface area contributed by atoms with Crippen molar-refractivity contribution >= 4 is 0 Å². The minimum Gasteiger partial charge on any atom is -0.488 e. The second-order valence-electron chi connectivity index (χ2n) is 5.81. The number of hydrogen-bond acceptors (Lipinski definition) is 3. The average Bonchev–Trinajstić information content (AvgIpc) is 2.40. The minimum atomic E-state index is 0.385. The maximum absolute atomic E-state index is 6.17. The summed E-state index contributed by atoms with van der Waals surface area (Å²) in [6, 6.07) is 4.58. The van der Waals surface area contributed by atoms with Crippen LogP contribution in [0, 0.1) is 6.92 Å². The molecule has 0 bridgehead atoms. The van der Waals surface area contributed by atoms with Crippen LogP contribution in [0.2, 0.25) is 0 Å². The fourth-order valence-corrected chi connectivity index (χ4v) is 2.50. The normalized spacial score (nSPS) is 16.8. The monoisotopic (exact) mass is 262 g/mol. The summed E-state index contributed by atoms with van der Waals surface area (Å²) >= 11 is 0. The van der Waals surface area contributed by atoms with Crippen molar-refractivity contribution in [3.63, 3.8) is 0 Å². The predicted octanol–water partition coefficient (Wildman–Crippen LogP) is 3.60. The van der Waals surface area contributed by atoms with Crippen LogP contribution in [0.25, 0.3) is 0 Å². The van der Waals surface area contributed by atoms with E-state index in [2.05, 4.69) is 30.2 Å². The Balaban J connectivity index is 2.04. The number of hydrogen-bond donors (Lipinski definition) is 1. The highest BCUT2D eigenvalue weighted by atomic mass is 16.5. The van der Waals surface area contributed by atoms with Crippen LogP contribution in [0.4, 0.5) is 0 Å². The molecule has 106 valence electrons. The molecule has 0 atom stereocenters. The first-order valence-electron chi connectivity index (χ1n) is 7.51. The molecular formula is C16H26N2O. The fraction of sp³-hybridized carbons (Fsp3) is 0.688. The molecule has 1 aliphatic carbocycles. The first kappa shape index (κ1) is 14.3. The number of aryl methyl sites for hydroxylation is 1. The van der Waals surface area contributed by atoms with Crippen molar-refractivity contribution in [2.24, 2.45) is 0 Å². The van der Waals surface area contributed by atoms with E-state index in [1.165, 1.54) is 32.1 Å². The number of nitrogens with zero attached hydrogens (tertiary/aromatic N) is 1. The summed E-state index contributed by atoms with van der Waals surface area (Å²) < 4.78 is 6.17. The minimum absolute atomic E-state index is 0.385. The molecule has 3 nitrogen and oxygen atoms in total. The molecule has 1 saturated carbocycles. The zero-order valence-corrected chi connectivity index (χ0v) is 12.4. The smallest absolute Gasteiger partial charge is 0.142 e. The molecule has 1 aliphatic rings. The Morgan fingerprint density at radius 2 is 2.00 bits per heavy atom. The molecule has 1 N–H and O–H groups in total. The van der Waals surface area contributed by atoms with Gasteiger partial charge in [-0.15, -0.1) is 0 Å². The maximum Gasteiger partial charge on any atom is 0.142 e. The van der Waals surface area contributed by atoms with Crippen molar-refractivity contribution in [3.8, 4) is 5.75 Å². The third kappa shape index (κ3) is 4.50. The molecule has 1 aromatic rings. The van der Waals surface area contributed by atoms with E-state index in [4.69, 9.17) is 4.74 Å². The first-order valence-corrected chi connectivity index (χ1v) is 7.51. The number of aromatic nitrogens is 1. The molecular weight excluding hydrogens is 236 g/mol. The van der Waals surface area contributed by atoms with E-state index < -0.39 is 0 Å². The van der Waals surface area contributed by atoms with Gasteiger partial charge in [0.1, 0.15) is 5.75 Å². The van der Waals surface area contributed by atoms with Gasteiger partial charge in [0.15, 0.2) is 0 Å². The van der Waals surface area contributed by atoms with Gasteiger partial charge in [-0.25, -0.2) is 0 Å². The van der Waals surface area contributed by atoms with Gasteiger partial charge in [-0.2, -0.15) is 0 Å². The van der Waals surface area contributed by atoms with E-state index in [-0.39, 0.29) is 0 Å². The van der Waals surface area contributed by atoms with Crippen LogP contribution in [0.5, 0.6) is 5.75 Å². The van der Waals surface area contributed by atoms with Gasteiger partial charge in [0.2, 0.25) is 0 Å². The lowest BCUT2D eigenvalue weighted by Gasteiger charge is -2.24. The molecule has 19 heavy (non-hydrogen) atoms. The zero-order valence-electron chi connectivity index (χ0n) is 12.4. The van der Waals surface area contributed by atoms with E-state index in [0.717, 1.165) is 23.7 Å². The van der Waals surface area contributed by atoms with Crippen LogP contribution in [0.1, 0.15) is 57.3 Å². The lowest BCUT2D eigenvalue weighted by atomic mass is 9.98. The Labute approximate surface area is 116 Å². The first-order chi connectivity index (χ1) is 9.15. The maximum atomic E-state index is 6.17. The van der Waals surface area contributed by atoms with Crippen molar-refractivity contribution < 1.29 is 4.74 Å². The van der Waals surface area contributed by atoms with E-state index in [0.29, 0.717) is 12.1 Å². The summed E-state index contributed by atoms with van der Waals surface area (Å²) in [7, 11) is 0. The zero-order chi connectivity index (χ0) is 13.7. The summed E-state index contributed by atoms with van der Waals surface area (Å²) in [5, 5.41) is 3.42. The Kier molecular flexibility index (Phi) is 5.20. The number of rotatable bonds is 5. The van der Waals surface area contributed by atoms with Crippen LogP contribution in [-0.4, -0.2) is 17.1 Å². The van der Waals surface area contributed by atoms with E-state index in [1.807, 2.05) is 13.0 Å². The van der Waals surface area contributed by atoms with E-state index >= 15 is 0 Å². The van der Waals surface area contributed by atoms with Crippen molar-refractivity contribution in [2.45, 2.75) is 71.6 Å². The molecule has 0 unspecified atom stereocenters. The fourth-order valence-electron chi connectivity index (χ4n) is 2.50. The third-order valence-electron chi connectivity index (χ3n) is 3.60. The highest BCUT2D eigenvalue weighted by molar-refractivity contribution is 5.29. The van der Waals surface area contributed by atoms with Crippen LogP contribution in [0.15, 0.2) is 12.1 Å². The molecule has 2 rings (SSSR count). The highest BCUT2D eigenvalue weighted by Crippen LogP contribution is 2.25. The topological polar surface area (TPSA) is 34.1 Å². The van der Waals surface area contributed by atoms with Crippen LogP contribution in [-0.2, 0) is 6.54 Å². The summed E-state index contributed by atoms with van der Waals surface area (Å²) in [6.45, 7) is 7.11. The third-order valence-corrected chi connectivity index (χ3v) is 3.60. The second kappa shape index (κ2) is 6.90.